The van der Waals surface area contributed by atoms with Gasteiger partial charge in [-0.3, -0.25) is 0 Å². The van der Waals surface area contributed by atoms with Gasteiger partial charge in [0.1, 0.15) is 0 Å². The summed E-state index contributed by atoms with van der Waals surface area (Å²) in [5.41, 5.74) is 6.76. The Bertz CT molecular complexity index is 366. The number of nitrogens with one attached hydrogen (secondary N) is 1. The highest BCUT2D eigenvalue weighted by molar-refractivity contribution is 5.94. The number of hydrogen-bond acceptors (Lipinski definition) is 3. The second kappa shape index (κ2) is 6.91. The lowest BCUT2D eigenvalue weighted by Crippen LogP contribution is -2.30. The van der Waals surface area contributed by atoms with Gasteiger partial charge in [-0.2, -0.15) is 0 Å². The molecule has 0 aliphatic heterocycles. The third kappa shape index (κ3) is 4.44. The summed E-state index contributed by atoms with van der Waals surface area (Å²) in [6.45, 7) is 2.14. The molecule has 94 valence electrons. The maximum Gasteiger partial charge on any atom is 0.337 e. The van der Waals surface area contributed by atoms with E-state index in [1.807, 2.05) is 0 Å². The summed E-state index contributed by atoms with van der Waals surface area (Å²) in [4.78, 5) is 11.0. The van der Waals surface area contributed by atoms with Gasteiger partial charge in [0.25, 0.3) is 0 Å². The molecule has 1 rings (SSSR count). The summed E-state index contributed by atoms with van der Waals surface area (Å²) < 4.78 is 0. The summed E-state index contributed by atoms with van der Waals surface area (Å²) in [5, 5.41) is 12.1. The van der Waals surface area contributed by atoms with Crippen LogP contribution in [0.5, 0.6) is 0 Å². The quantitative estimate of drug-likeness (QED) is 0.502. The van der Waals surface area contributed by atoms with Crippen LogP contribution in [0.15, 0.2) is 24.3 Å². The van der Waals surface area contributed by atoms with Crippen molar-refractivity contribution < 1.29 is 9.90 Å². The highest BCUT2D eigenvalue weighted by Gasteiger charge is 2.10. The van der Waals surface area contributed by atoms with Crippen molar-refractivity contribution in [1.29, 1.82) is 0 Å². The predicted octanol–water partition coefficient (Wildman–Crippen LogP) is 2.66. The van der Waals surface area contributed by atoms with Crippen LogP contribution in [0, 0.1) is 0 Å². The molecule has 1 aromatic carbocycles. The van der Waals surface area contributed by atoms with E-state index >= 15 is 0 Å². The Kier molecular flexibility index (Phi) is 5.49. The monoisotopic (exact) mass is 236 g/mol. The molecule has 0 saturated heterocycles. The number of nitrogens with two attached hydrogens (primary N) is 1. The van der Waals surface area contributed by atoms with Gasteiger partial charge in [-0.05, 0) is 18.6 Å². The predicted molar refractivity (Wildman–Crippen MR) is 69.1 cm³/mol. The summed E-state index contributed by atoms with van der Waals surface area (Å²) in [7, 11) is 0. The summed E-state index contributed by atoms with van der Waals surface area (Å²) >= 11 is 0. The summed E-state index contributed by atoms with van der Waals surface area (Å²) in [6, 6.07) is 6.82. The first kappa shape index (κ1) is 13.5. The van der Waals surface area contributed by atoms with E-state index < -0.39 is 5.97 Å². The van der Waals surface area contributed by atoms with E-state index in [-0.39, 0.29) is 11.7 Å². The molecule has 0 amide bonds. The third-order valence-corrected chi connectivity index (χ3v) is 2.62. The molecule has 1 atom stereocenters. The maximum atomic E-state index is 11.0. The molecule has 4 nitrogen and oxygen atoms in total. The molecular weight excluding hydrogens is 216 g/mol. The number of anilines is 1. The van der Waals surface area contributed by atoms with Crippen molar-refractivity contribution in [3.8, 4) is 0 Å². The van der Waals surface area contributed by atoms with Crippen LogP contribution in [0.4, 0.5) is 5.69 Å². The minimum absolute atomic E-state index is 0.193. The first-order valence-corrected chi connectivity index (χ1v) is 5.99. The second-order valence-electron chi connectivity index (χ2n) is 4.10. The lowest BCUT2D eigenvalue weighted by atomic mass is 10.1. The van der Waals surface area contributed by atoms with Crippen molar-refractivity contribution >= 4 is 11.7 Å². The first-order valence-electron chi connectivity index (χ1n) is 5.99. The van der Waals surface area contributed by atoms with Gasteiger partial charge in [0.05, 0.1) is 11.7 Å². The van der Waals surface area contributed by atoms with Crippen LogP contribution < -0.4 is 11.1 Å². The number of aromatic carboxylic acids is 1. The Labute approximate surface area is 102 Å². The Morgan fingerprint density at radius 3 is 2.76 bits per heavy atom. The van der Waals surface area contributed by atoms with Gasteiger partial charge in [0.2, 0.25) is 0 Å². The van der Waals surface area contributed by atoms with Crippen LogP contribution in [-0.4, -0.2) is 17.2 Å². The van der Waals surface area contributed by atoms with Crippen molar-refractivity contribution in [2.45, 2.75) is 38.8 Å². The lowest BCUT2D eigenvalue weighted by molar-refractivity contribution is 0.0698. The normalized spacial score (nSPS) is 12.1. The van der Waals surface area contributed by atoms with Crippen LogP contribution in [0.2, 0.25) is 0 Å². The molecule has 1 unspecified atom stereocenters. The number of unbranched alkanes of at least 4 members (excludes halogenated alkanes) is 2. The van der Waals surface area contributed by atoms with Gasteiger partial charge in [-0.1, -0.05) is 38.3 Å². The minimum Gasteiger partial charge on any atom is -0.478 e. The molecule has 1 aromatic rings. The zero-order valence-electron chi connectivity index (χ0n) is 10.1. The maximum absolute atomic E-state index is 11.0. The molecule has 0 heterocycles. The average Bonchev–Trinajstić information content (AvgIpc) is 2.29. The average molecular weight is 236 g/mol. The number of carbonyl (C=O) groups is 1. The highest BCUT2D eigenvalue weighted by Crippen LogP contribution is 2.16. The number of benzene rings is 1. The zero-order valence-corrected chi connectivity index (χ0v) is 10.1. The summed E-state index contributed by atoms with van der Waals surface area (Å²) in [6.07, 6.45) is 4.01. The molecule has 17 heavy (non-hydrogen) atoms. The molecule has 0 fully saturated rings. The van der Waals surface area contributed by atoms with E-state index in [0.29, 0.717) is 5.69 Å². The van der Waals surface area contributed by atoms with Crippen LogP contribution in [-0.2, 0) is 0 Å². The Morgan fingerprint density at radius 1 is 1.41 bits per heavy atom. The molecule has 0 aliphatic rings. The molecular formula is C13H20N2O2. The number of carboxylic acids is 1. The Balaban J connectivity index is 2.58. The van der Waals surface area contributed by atoms with E-state index in [0.717, 1.165) is 25.7 Å². The van der Waals surface area contributed by atoms with Crippen LogP contribution >= 0.6 is 0 Å². The molecule has 4 N–H and O–H groups in total. The summed E-state index contributed by atoms with van der Waals surface area (Å²) in [5.74, 6) is -0.936. The fraction of sp³-hybridized carbons (Fsp3) is 0.462. The lowest BCUT2D eigenvalue weighted by Gasteiger charge is -2.16. The van der Waals surface area contributed by atoms with Crippen molar-refractivity contribution in [3.05, 3.63) is 29.8 Å². The van der Waals surface area contributed by atoms with Gasteiger partial charge in [0.15, 0.2) is 0 Å². The van der Waals surface area contributed by atoms with Crippen molar-refractivity contribution in [1.82, 2.24) is 0 Å². The van der Waals surface area contributed by atoms with Gasteiger partial charge in [-0.25, -0.2) is 4.79 Å². The minimum atomic E-state index is -0.936. The van der Waals surface area contributed by atoms with Crippen LogP contribution in [0.25, 0.3) is 0 Å². The van der Waals surface area contributed by atoms with Crippen molar-refractivity contribution in [2.75, 3.05) is 5.32 Å². The van der Waals surface area contributed by atoms with Crippen LogP contribution in [0.1, 0.15) is 43.0 Å². The van der Waals surface area contributed by atoms with Gasteiger partial charge in [-0.15, -0.1) is 0 Å². The van der Waals surface area contributed by atoms with E-state index in [9.17, 15) is 4.79 Å². The number of rotatable bonds is 7. The molecule has 0 radical (unpaired) electrons. The van der Waals surface area contributed by atoms with Gasteiger partial charge >= 0.3 is 5.97 Å². The highest BCUT2D eigenvalue weighted by atomic mass is 16.4. The van der Waals surface area contributed by atoms with Gasteiger partial charge < -0.3 is 16.2 Å². The smallest absolute Gasteiger partial charge is 0.337 e. The largest absolute Gasteiger partial charge is 0.478 e. The van der Waals surface area contributed by atoms with Crippen LogP contribution in [0.3, 0.4) is 0 Å². The van der Waals surface area contributed by atoms with E-state index in [1.165, 1.54) is 0 Å². The topological polar surface area (TPSA) is 75.3 Å². The molecule has 0 bridgehead atoms. The van der Waals surface area contributed by atoms with Gasteiger partial charge in [0, 0.05) is 5.69 Å². The molecule has 0 aliphatic carbocycles. The Hall–Kier alpha value is -1.55. The molecule has 0 spiro atoms. The van der Waals surface area contributed by atoms with Crippen molar-refractivity contribution in [3.63, 3.8) is 0 Å². The fourth-order valence-corrected chi connectivity index (χ4v) is 1.68. The molecule has 0 saturated carbocycles. The fourth-order valence-electron chi connectivity index (χ4n) is 1.68. The SMILES string of the molecule is CCCCCC(N)Nc1ccccc1C(=O)O. The molecule has 4 heteroatoms. The standard InChI is InChI=1S/C13H20N2O2/c1-2-3-4-9-12(14)15-11-8-6-5-7-10(11)13(16)17/h5-8,12,15H,2-4,9,14H2,1H3,(H,16,17). The zero-order chi connectivity index (χ0) is 12.7. The number of carboxylic acid groups (broad SMARTS) is 1. The van der Waals surface area contributed by atoms with E-state index in [1.54, 1.807) is 24.3 Å². The molecule has 0 aromatic heterocycles. The van der Waals surface area contributed by atoms with E-state index in [4.69, 9.17) is 10.8 Å². The first-order chi connectivity index (χ1) is 8.15. The second-order valence-corrected chi connectivity index (χ2v) is 4.10. The third-order valence-electron chi connectivity index (χ3n) is 2.62. The number of hydrogen-bond donors (Lipinski definition) is 3. The van der Waals surface area contributed by atoms with E-state index in [2.05, 4.69) is 12.2 Å². The number of para-hydroxylation sites is 1. The Morgan fingerprint density at radius 2 is 2.12 bits per heavy atom. The van der Waals surface area contributed by atoms with Crippen molar-refractivity contribution in [2.24, 2.45) is 5.73 Å².